The second kappa shape index (κ2) is 8.91. The fraction of sp³-hybridized carbons (Fsp3) is 0.765. The molecular weight excluding hydrogens is 288 g/mol. The normalized spacial score (nSPS) is 18.2. The minimum Gasteiger partial charge on any atom is -0.355 e. The average molecular weight is 320 g/mol. The van der Waals surface area contributed by atoms with Crippen molar-refractivity contribution in [3.8, 4) is 0 Å². The fourth-order valence-corrected chi connectivity index (χ4v) is 3.46. The van der Waals surface area contributed by atoms with Crippen LogP contribution >= 0.6 is 0 Å². The minimum atomic E-state index is 0.561. The fourth-order valence-electron chi connectivity index (χ4n) is 3.46. The lowest BCUT2D eigenvalue weighted by Crippen LogP contribution is -2.48. The maximum Gasteiger partial charge on any atom is 0.191 e. The van der Waals surface area contributed by atoms with E-state index >= 15 is 0 Å². The van der Waals surface area contributed by atoms with Crippen molar-refractivity contribution in [2.75, 3.05) is 27.7 Å². The van der Waals surface area contributed by atoms with E-state index < -0.39 is 0 Å². The van der Waals surface area contributed by atoms with Crippen LogP contribution in [0, 0.1) is 5.92 Å². The van der Waals surface area contributed by atoms with Crippen LogP contribution in [0.1, 0.15) is 37.8 Å². The molecule has 1 unspecified atom stereocenters. The van der Waals surface area contributed by atoms with E-state index in [1.54, 1.807) is 0 Å². The van der Waals surface area contributed by atoms with Crippen molar-refractivity contribution in [1.29, 1.82) is 0 Å². The van der Waals surface area contributed by atoms with Crippen molar-refractivity contribution in [3.63, 3.8) is 0 Å². The lowest BCUT2D eigenvalue weighted by molar-refractivity contribution is 0.171. The summed E-state index contributed by atoms with van der Waals surface area (Å²) in [5.74, 6) is 1.65. The molecule has 2 rings (SSSR count). The molecule has 6 nitrogen and oxygen atoms in total. The molecule has 1 aliphatic rings. The second-order valence-corrected chi connectivity index (χ2v) is 6.68. The summed E-state index contributed by atoms with van der Waals surface area (Å²) in [6, 6.07) is 2.58. The number of hydrogen-bond acceptors (Lipinski definition) is 3. The highest BCUT2D eigenvalue weighted by molar-refractivity contribution is 5.79. The topological polar surface area (TPSA) is 57.5 Å². The van der Waals surface area contributed by atoms with E-state index in [1.807, 2.05) is 31.0 Å². The van der Waals surface area contributed by atoms with Crippen LogP contribution in [0.15, 0.2) is 17.3 Å². The van der Waals surface area contributed by atoms with Gasteiger partial charge in [0.15, 0.2) is 5.96 Å². The monoisotopic (exact) mass is 320 g/mol. The van der Waals surface area contributed by atoms with Crippen LogP contribution in [-0.4, -0.2) is 54.4 Å². The molecule has 23 heavy (non-hydrogen) atoms. The average Bonchev–Trinajstić information content (AvgIpc) is 2.96. The first-order chi connectivity index (χ1) is 11.1. The number of nitrogens with zero attached hydrogens (tertiary/aromatic N) is 4. The van der Waals surface area contributed by atoms with Gasteiger partial charge in [0, 0.05) is 32.9 Å². The molecule has 1 aromatic heterocycles. The van der Waals surface area contributed by atoms with E-state index in [-0.39, 0.29) is 0 Å². The number of likely N-dealkylation sites (N-methyl/N-ethyl adjacent to an activating group) is 1. The maximum atomic E-state index is 4.34. The van der Waals surface area contributed by atoms with Gasteiger partial charge in [0.25, 0.3) is 0 Å². The predicted octanol–water partition coefficient (Wildman–Crippen LogP) is 1.60. The van der Waals surface area contributed by atoms with Crippen LogP contribution in [0.4, 0.5) is 0 Å². The number of rotatable bonds is 6. The largest absolute Gasteiger partial charge is 0.355 e. The number of guanidine groups is 1. The van der Waals surface area contributed by atoms with E-state index in [9.17, 15) is 0 Å². The molecule has 1 fully saturated rings. The summed E-state index contributed by atoms with van der Waals surface area (Å²) in [4.78, 5) is 6.70. The quantitative estimate of drug-likeness (QED) is 0.617. The molecule has 1 aliphatic carbocycles. The van der Waals surface area contributed by atoms with Gasteiger partial charge in [-0.05, 0) is 38.9 Å². The molecule has 0 saturated heterocycles. The zero-order valence-corrected chi connectivity index (χ0v) is 15.0. The zero-order chi connectivity index (χ0) is 16.7. The van der Waals surface area contributed by atoms with Gasteiger partial charge >= 0.3 is 0 Å². The molecule has 1 atom stereocenters. The molecule has 1 saturated carbocycles. The summed E-state index contributed by atoms with van der Waals surface area (Å²) in [6.07, 6.45) is 8.68. The standard InChI is InChI=1S/C17H32N6/c1-18-17(19-12-15-10-11-21-23(15)4)20-13-16(22(2)3)14-8-6-5-7-9-14/h10-11,14,16H,5-9,12-13H2,1-4H3,(H2,18,19,20). The Bertz CT molecular complexity index is 487. The summed E-state index contributed by atoms with van der Waals surface area (Å²) in [6.45, 7) is 1.66. The molecule has 130 valence electrons. The Kier molecular flexibility index (Phi) is 6.89. The third-order valence-corrected chi connectivity index (χ3v) is 4.92. The Hall–Kier alpha value is -1.56. The van der Waals surface area contributed by atoms with E-state index in [4.69, 9.17) is 0 Å². The number of aryl methyl sites for hydroxylation is 1. The molecule has 1 aromatic rings. The molecule has 0 spiro atoms. The van der Waals surface area contributed by atoms with Gasteiger partial charge in [0.1, 0.15) is 0 Å². The lowest BCUT2D eigenvalue weighted by Gasteiger charge is -2.35. The smallest absolute Gasteiger partial charge is 0.191 e. The summed E-state index contributed by atoms with van der Waals surface area (Å²) < 4.78 is 1.88. The second-order valence-electron chi connectivity index (χ2n) is 6.68. The minimum absolute atomic E-state index is 0.561. The van der Waals surface area contributed by atoms with Crippen LogP contribution in [0.3, 0.4) is 0 Å². The van der Waals surface area contributed by atoms with E-state index in [0.29, 0.717) is 6.04 Å². The molecule has 2 N–H and O–H groups in total. The van der Waals surface area contributed by atoms with Crippen molar-refractivity contribution in [2.45, 2.75) is 44.7 Å². The van der Waals surface area contributed by atoms with Gasteiger partial charge < -0.3 is 15.5 Å². The van der Waals surface area contributed by atoms with Gasteiger partial charge in [0.05, 0.1) is 12.2 Å². The number of hydrogen-bond donors (Lipinski definition) is 2. The highest BCUT2D eigenvalue weighted by Gasteiger charge is 2.25. The van der Waals surface area contributed by atoms with Crippen molar-refractivity contribution in [1.82, 2.24) is 25.3 Å². The van der Waals surface area contributed by atoms with Crippen molar-refractivity contribution < 1.29 is 0 Å². The SMILES string of the molecule is CN=C(NCc1ccnn1C)NCC(C1CCCCC1)N(C)C. The number of aromatic nitrogens is 2. The third kappa shape index (κ3) is 5.23. The van der Waals surface area contributed by atoms with Crippen LogP contribution in [0.25, 0.3) is 0 Å². The summed E-state index contributed by atoms with van der Waals surface area (Å²) >= 11 is 0. The van der Waals surface area contributed by atoms with Crippen molar-refractivity contribution >= 4 is 5.96 Å². The van der Waals surface area contributed by atoms with Crippen LogP contribution in [0.2, 0.25) is 0 Å². The van der Waals surface area contributed by atoms with Crippen LogP contribution in [0.5, 0.6) is 0 Å². The van der Waals surface area contributed by atoms with Crippen LogP contribution in [-0.2, 0) is 13.6 Å². The Labute approximate surface area is 140 Å². The van der Waals surface area contributed by atoms with Gasteiger partial charge in [-0.3, -0.25) is 9.67 Å². The Morgan fingerprint density at radius 1 is 1.35 bits per heavy atom. The Morgan fingerprint density at radius 2 is 2.09 bits per heavy atom. The van der Waals surface area contributed by atoms with Gasteiger partial charge in [-0.1, -0.05) is 19.3 Å². The summed E-state index contributed by atoms with van der Waals surface area (Å²) in [7, 11) is 8.15. The lowest BCUT2D eigenvalue weighted by atomic mass is 9.83. The van der Waals surface area contributed by atoms with Gasteiger partial charge in [-0.2, -0.15) is 5.10 Å². The van der Waals surface area contributed by atoms with Gasteiger partial charge in [-0.15, -0.1) is 0 Å². The Morgan fingerprint density at radius 3 is 2.65 bits per heavy atom. The van der Waals surface area contributed by atoms with Gasteiger partial charge in [-0.25, -0.2) is 0 Å². The molecule has 0 aromatic carbocycles. The zero-order valence-electron chi connectivity index (χ0n) is 15.0. The number of aliphatic imine (C=N–C) groups is 1. The molecule has 0 radical (unpaired) electrons. The van der Waals surface area contributed by atoms with E-state index in [2.05, 4.69) is 39.7 Å². The highest BCUT2D eigenvalue weighted by Crippen LogP contribution is 2.27. The first kappa shape index (κ1) is 17.8. The van der Waals surface area contributed by atoms with Crippen molar-refractivity contribution in [2.24, 2.45) is 18.0 Å². The predicted molar refractivity (Wildman–Crippen MR) is 95.5 cm³/mol. The molecule has 0 aliphatic heterocycles. The maximum absolute atomic E-state index is 4.34. The summed E-state index contributed by atoms with van der Waals surface area (Å²) in [5.41, 5.74) is 1.14. The van der Waals surface area contributed by atoms with E-state index in [0.717, 1.165) is 30.7 Å². The molecular formula is C17H32N6. The number of nitrogens with one attached hydrogen (secondary N) is 2. The molecule has 0 amide bonds. The third-order valence-electron chi connectivity index (χ3n) is 4.92. The van der Waals surface area contributed by atoms with Crippen LogP contribution < -0.4 is 10.6 Å². The molecule has 0 bridgehead atoms. The molecule has 6 heteroatoms. The van der Waals surface area contributed by atoms with Gasteiger partial charge in [0.2, 0.25) is 0 Å². The molecule has 1 heterocycles. The van der Waals surface area contributed by atoms with Crippen molar-refractivity contribution in [3.05, 3.63) is 18.0 Å². The first-order valence-corrected chi connectivity index (χ1v) is 8.69. The van der Waals surface area contributed by atoms with E-state index in [1.165, 1.54) is 32.1 Å². The Balaban J connectivity index is 1.83. The summed E-state index contributed by atoms with van der Waals surface area (Å²) in [5, 5.41) is 11.1. The first-order valence-electron chi connectivity index (χ1n) is 8.69. The highest BCUT2D eigenvalue weighted by atomic mass is 15.3.